The number of Topliss-reactive ketones (excluding diaryl/α,β-unsaturated/α-hetero) is 1. The minimum Gasteiger partial charge on any atom is -0.292 e. The molecule has 0 radical (unpaired) electrons. The van der Waals surface area contributed by atoms with E-state index in [-0.39, 0.29) is 5.78 Å². The van der Waals surface area contributed by atoms with Gasteiger partial charge in [-0.1, -0.05) is 54.6 Å². The Morgan fingerprint density at radius 1 is 1.19 bits per heavy atom. The molecule has 3 aromatic rings. The van der Waals surface area contributed by atoms with Gasteiger partial charge in [0.25, 0.3) is 0 Å². The van der Waals surface area contributed by atoms with Crippen LogP contribution in [0.4, 0.5) is 0 Å². The van der Waals surface area contributed by atoms with E-state index >= 15 is 0 Å². The lowest BCUT2D eigenvalue weighted by Crippen LogP contribution is -2.12. The Balaban J connectivity index is 1.64. The molecule has 2 aromatic carbocycles. The lowest BCUT2D eigenvalue weighted by atomic mass is 9.91. The molecule has 4 heteroatoms. The fourth-order valence-corrected chi connectivity index (χ4v) is 4.01. The fraction of sp³-hybridized carbons (Fsp3) is 0.136. The predicted molar refractivity (Wildman–Crippen MR) is 104 cm³/mol. The Hall–Kier alpha value is -3.03. The van der Waals surface area contributed by atoms with Crippen molar-refractivity contribution in [2.24, 2.45) is 0 Å². The highest BCUT2D eigenvalue weighted by molar-refractivity contribution is 7.10. The van der Waals surface area contributed by atoms with Crippen molar-refractivity contribution in [3.8, 4) is 17.3 Å². The van der Waals surface area contributed by atoms with Crippen LogP contribution in [0.1, 0.15) is 38.8 Å². The monoisotopic (exact) mass is 356 g/mol. The molecule has 1 aromatic heterocycles. The number of aromatic nitrogens is 1. The summed E-state index contributed by atoms with van der Waals surface area (Å²) in [6.07, 6.45) is 6.14. The van der Waals surface area contributed by atoms with Crippen molar-refractivity contribution in [2.75, 3.05) is 0 Å². The molecule has 0 saturated carbocycles. The van der Waals surface area contributed by atoms with Crippen LogP contribution >= 0.6 is 11.3 Å². The first-order valence-electron chi connectivity index (χ1n) is 8.50. The molecular formula is C22H16N2OS. The molecule has 1 unspecified atom stereocenters. The number of rotatable bonds is 4. The smallest absolute Gasteiger partial charge is 0.186 e. The minimum atomic E-state index is -0.866. The third-order valence-corrected chi connectivity index (χ3v) is 5.44. The van der Waals surface area contributed by atoms with Gasteiger partial charge in [0.05, 0.1) is 11.8 Å². The molecule has 0 N–H and O–H groups in total. The Bertz CT molecular complexity index is 1030. The van der Waals surface area contributed by atoms with Gasteiger partial charge in [0, 0.05) is 16.5 Å². The highest BCUT2D eigenvalue weighted by atomic mass is 32.1. The van der Waals surface area contributed by atoms with Gasteiger partial charge < -0.3 is 0 Å². The zero-order valence-electron chi connectivity index (χ0n) is 14.1. The predicted octanol–water partition coefficient (Wildman–Crippen LogP) is 5.26. The van der Waals surface area contributed by atoms with Crippen LogP contribution in [0.3, 0.4) is 0 Å². The van der Waals surface area contributed by atoms with Crippen LogP contribution in [-0.2, 0) is 6.42 Å². The van der Waals surface area contributed by atoms with Crippen molar-refractivity contribution in [1.29, 1.82) is 5.26 Å². The van der Waals surface area contributed by atoms with Gasteiger partial charge in [-0.2, -0.15) is 5.26 Å². The Labute approximate surface area is 156 Å². The number of nitrogens with zero attached hydrogens (tertiary/aromatic N) is 2. The maximum atomic E-state index is 12.9. The molecule has 4 rings (SSSR count). The lowest BCUT2D eigenvalue weighted by molar-refractivity contribution is 0.0978. The van der Waals surface area contributed by atoms with Crippen LogP contribution < -0.4 is 0 Å². The number of hydrogen-bond donors (Lipinski definition) is 0. The van der Waals surface area contributed by atoms with Crippen LogP contribution in [0.25, 0.3) is 17.3 Å². The highest BCUT2D eigenvalue weighted by Gasteiger charge is 2.25. The number of thiazole rings is 1. The number of carbonyl (C=O) groups is 1. The summed E-state index contributed by atoms with van der Waals surface area (Å²) in [5.41, 5.74) is 4.69. The normalized spacial score (nSPS) is 13.7. The average molecular weight is 356 g/mol. The molecule has 1 heterocycles. The molecule has 0 aliphatic heterocycles. The van der Waals surface area contributed by atoms with Gasteiger partial charge in [0.1, 0.15) is 5.01 Å². The van der Waals surface area contributed by atoms with Crippen LogP contribution in [0.2, 0.25) is 0 Å². The van der Waals surface area contributed by atoms with Gasteiger partial charge in [0.2, 0.25) is 0 Å². The van der Waals surface area contributed by atoms with E-state index in [0.29, 0.717) is 10.6 Å². The van der Waals surface area contributed by atoms with E-state index in [1.54, 1.807) is 0 Å². The number of nitriles is 1. The molecule has 0 fully saturated rings. The van der Waals surface area contributed by atoms with E-state index in [9.17, 15) is 10.1 Å². The van der Waals surface area contributed by atoms with E-state index in [0.717, 1.165) is 29.7 Å². The third-order valence-electron chi connectivity index (χ3n) is 4.53. The second kappa shape index (κ2) is 7.07. The first kappa shape index (κ1) is 16.4. The van der Waals surface area contributed by atoms with Crippen LogP contribution in [0.5, 0.6) is 0 Å². The first-order valence-corrected chi connectivity index (χ1v) is 9.38. The zero-order chi connectivity index (χ0) is 17.9. The molecule has 0 amide bonds. The largest absolute Gasteiger partial charge is 0.292 e. The topological polar surface area (TPSA) is 53.8 Å². The van der Waals surface area contributed by atoms with Crippen molar-refractivity contribution in [1.82, 2.24) is 4.98 Å². The third kappa shape index (κ3) is 3.10. The molecule has 26 heavy (non-hydrogen) atoms. The Morgan fingerprint density at radius 3 is 2.85 bits per heavy atom. The van der Waals surface area contributed by atoms with Crippen molar-refractivity contribution in [2.45, 2.75) is 18.8 Å². The highest BCUT2D eigenvalue weighted by Crippen LogP contribution is 2.29. The van der Waals surface area contributed by atoms with E-state index < -0.39 is 5.92 Å². The molecule has 0 spiro atoms. The summed E-state index contributed by atoms with van der Waals surface area (Å²) < 4.78 is 0. The second-order valence-corrected chi connectivity index (χ2v) is 7.11. The molecule has 3 nitrogen and oxygen atoms in total. The van der Waals surface area contributed by atoms with Crippen molar-refractivity contribution >= 4 is 23.2 Å². The zero-order valence-corrected chi connectivity index (χ0v) is 14.9. The Morgan fingerprint density at radius 2 is 2.04 bits per heavy atom. The van der Waals surface area contributed by atoms with Crippen molar-refractivity contribution in [3.63, 3.8) is 0 Å². The SMILES string of the molecule is N#CC(C(=O)c1ccc2c(c1)CCC=C2)c1nc(-c2ccccc2)cs1. The number of allylic oxidation sites excluding steroid dienone is 1. The minimum absolute atomic E-state index is 0.182. The van der Waals surface area contributed by atoms with E-state index in [1.807, 2.05) is 53.9 Å². The molecule has 1 aliphatic rings. The van der Waals surface area contributed by atoms with E-state index in [4.69, 9.17) is 0 Å². The van der Waals surface area contributed by atoms with Gasteiger partial charge in [-0.25, -0.2) is 4.98 Å². The maximum absolute atomic E-state index is 12.9. The molecule has 0 bridgehead atoms. The summed E-state index contributed by atoms with van der Waals surface area (Å²) in [4.78, 5) is 17.5. The number of hydrogen-bond acceptors (Lipinski definition) is 4. The standard InChI is InChI=1S/C22H16N2OS/c23-13-19(22-24-20(14-26-22)16-7-2-1-3-8-16)21(25)18-11-10-15-6-4-5-9-17(15)12-18/h1-4,6-8,10-12,14,19H,5,9H2. The second-order valence-electron chi connectivity index (χ2n) is 6.22. The summed E-state index contributed by atoms with van der Waals surface area (Å²) in [5, 5.41) is 12.1. The molecule has 0 saturated heterocycles. The van der Waals surface area contributed by atoms with Gasteiger partial charge in [-0.3, -0.25) is 4.79 Å². The van der Waals surface area contributed by atoms with Crippen molar-refractivity contribution in [3.05, 3.63) is 81.7 Å². The quantitative estimate of drug-likeness (QED) is 0.599. The summed E-state index contributed by atoms with van der Waals surface area (Å²) in [7, 11) is 0. The summed E-state index contributed by atoms with van der Waals surface area (Å²) >= 11 is 1.36. The fourth-order valence-electron chi connectivity index (χ4n) is 3.14. The molecule has 1 aliphatic carbocycles. The van der Waals surface area contributed by atoms with Gasteiger partial charge >= 0.3 is 0 Å². The van der Waals surface area contributed by atoms with Gasteiger partial charge in [-0.05, 0) is 30.0 Å². The first-order chi connectivity index (χ1) is 12.8. The van der Waals surface area contributed by atoms with Crippen LogP contribution in [0, 0.1) is 11.3 Å². The number of benzene rings is 2. The molecule has 1 atom stereocenters. The van der Waals surface area contributed by atoms with Gasteiger partial charge in [-0.15, -0.1) is 11.3 Å². The lowest BCUT2D eigenvalue weighted by Gasteiger charge is -2.12. The maximum Gasteiger partial charge on any atom is 0.186 e. The van der Waals surface area contributed by atoms with Gasteiger partial charge in [0.15, 0.2) is 11.7 Å². The van der Waals surface area contributed by atoms with E-state index in [2.05, 4.69) is 23.2 Å². The van der Waals surface area contributed by atoms with Crippen molar-refractivity contribution < 1.29 is 4.79 Å². The average Bonchev–Trinajstić information content (AvgIpc) is 3.18. The summed E-state index contributed by atoms with van der Waals surface area (Å²) in [6.45, 7) is 0. The number of fused-ring (bicyclic) bond motifs is 1. The molecular weight excluding hydrogens is 340 g/mol. The van der Waals surface area contributed by atoms with Crippen LogP contribution in [-0.4, -0.2) is 10.8 Å². The summed E-state index contributed by atoms with van der Waals surface area (Å²) in [5.74, 6) is -1.05. The number of carbonyl (C=O) groups excluding carboxylic acids is 1. The number of ketones is 1. The van der Waals surface area contributed by atoms with Crippen LogP contribution in [0.15, 0.2) is 60.0 Å². The van der Waals surface area contributed by atoms with E-state index in [1.165, 1.54) is 16.9 Å². The Kier molecular flexibility index (Phi) is 4.47. The number of aryl methyl sites for hydroxylation is 1. The molecule has 126 valence electrons. The summed E-state index contributed by atoms with van der Waals surface area (Å²) in [6, 6.07) is 17.6.